The van der Waals surface area contributed by atoms with Crippen LogP contribution in [0.2, 0.25) is 0 Å². The van der Waals surface area contributed by atoms with Crippen molar-refractivity contribution in [2.45, 2.75) is 39.2 Å². The number of amides is 2. The van der Waals surface area contributed by atoms with Crippen LogP contribution in [0.5, 0.6) is 0 Å². The Balaban J connectivity index is 1.88. The van der Waals surface area contributed by atoms with Crippen molar-refractivity contribution in [1.82, 2.24) is 16.0 Å². The van der Waals surface area contributed by atoms with Crippen molar-refractivity contribution in [3.63, 3.8) is 0 Å². The largest absolute Gasteiger partial charge is 0.354 e. The average Bonchev–Trinajstić information content (AvgIpc) is 2.95. The summed E-state index contributed by atoms with van der Waals surface area (Å²) in [4.78, 5) is 23.5. The maximum atomic E-state index is 12.4. The first-order valence-electron chi connectivity index (χ1n) is 6.83. The number of carbonyl (C=O) groups excluding carboxylic acids is 2. The lowest BCUT2D eigenvalue weighted by atomic mass is 9.75. The Labute approximate surface area is 108 Å². The molecule has 2 aliphatic rings. The lowest BCUT2D eigenvalue weighted by Gasteiger charge is -2.31. The van der Waals surface area contributed by atoms with Crippen molar-refractivity contribution in [2.75, 3.05) is 19.6 Å². The molecule has 2 heterocycles. The monoisotopic (exact) mass is 253 g/mol. The molecule has 18 heavy (non-hydrogen) atoms. The summed E-state index contributed by atoms with van der Waals surface area (Å²) >= 11 is 0. The van der Waals surface area contributed by atoms with Crippen LogP contribution in [0.3, 0.4) is 0 Å². The first-order valence-corrected chi connectivity index (χ1v) is 6.83. The number of hydrogen-bond acceptors (Lipinski definition) is 3. The van der Waals surface area contributed by atoms with Crippen LogP contribution in [0.4, 0.5) is 0 Å². The van der Waals surface area contributed by atoms with Crippen LogP contribution >= 0.6 is 0 Å². The first kappa shape index (κ1) is 13.3. The third-order valence-corrected chi connectivity index (χ3v) is 4.34. The molecule has 2 rings (SSSR count). The van der Waals surface area contributed by atoms with Gasteiger partial charge in [-0.3, -0.25) is 9.59 Å². The van der Waals surface area contributed by atoms with E-state index in [2.05, 4.69) is 29.8 Å². The molecule has 2 saturated heterocycles. The van der Waals surface area contributed by atoms with E-state index in [1.165, 1.54) is 0 Å². The number of hydrogen-bond donors (Lipinski definition) is 3. The van der Waals surface area contributed by atoms with Gasteiger partial charge in [0.15, 0.2) is 0 Å². The smallest absolute Gasteiger partial charge is 0.227 e. The first-order chi connectivity index (χ1) is 8.54. The van der Waals surface area contributed by atoms with E-state index in [1.54, 1.807) is 0 Å². The lowest BCUT2D eigenvalue weighted by Crippen LogP contribution is -2.49. The Morgan fingerprint density at radius 3 is 2.83 bits per heavy atom. The highest BCUT2D eigenvalue weighted by Crippen LogP contribution is 2.34. The van der Waals surface area contributed by atoms with Crippen molar-refractivity contribution in [1.29, 1.82) is 0 Å². The quantitative estimate of drug-likeness (QED) is 0.661. The summed E-state index contributed by atoms with van der Waals surface area (Å²) in [6, 6.07) is 0.111. The minimum absolute atomic E-state index is 0.0929. The molecule has 3 N–H and O–H groups in total. The molecule has 0 aromatic carbocycles. The third kappa shape index (κ3) is 2.51. The molecule has 2 unspecified atom stereocenters. The average molecular weight is 253 g/mol. The van der Waals surface area contributed by atoms with Gasteiger partial charge in [-0.2, -0.15) is 0 Å². The highest BCUT2D eigenvalue weighted by molar-refractivity contribution is 5.84. The summed E-state index contributed by atoms with van der Waals surface area (Å²) in [5, 5.41) is 9.17. The van der Waals surface area contributed by atoms with Gasteiger partial charge in [-0.25, -0.2) is 0 Å². The van der Waals surface area contributed by atoms with Gasteiger partial charge in [-0.05, 0) is 25.3 Å². The van der Waals surface area contributed by atoms with Crippen LogP contribution in [0.15, 0.2) is 0 Å². The molecule has 0 radical (unpaired) electrons. The summed E-state index contributed by atoms with van der Waals surface area (Å²) in [5.41, 5.74) is -0.275. The SMILES string of the molecule is CC(C)C1(C(=O)NCC2CCC(=O)N2)CCNC1. The molecule has 0 saturated carbocycles. The highest BCUT2D eigenvalue weighted by atomic mass is 16.2. The summed E-state index contributed by atoms with van der Waals surface area (Å²) in [6.45, 7) is 6.42. The summed E-state index contributed by atoms with van der Waals surface area (Å²) in [5.74, 6) is 0.546. The molecular weight excluding hydrogens is 230 g/mol. The Morgan fingerprint density at radius 2 is 2.33 bits per heavy atom. The second-order valence-corrected chi connectivity index (χ2v) is 5.75. The third-order valence-electron chi connectivity index (χ3n) is 4.34. The highest BCUT2D eigenvalue weighted by Gasteiger charge is 2.43. The van der Waals surface area contributed by atoms with E-state index in [-0.39, 0.29) is 23.3 Å². The molecule has 0 aliphatic carbocycles. The molecule has 2 amide bonds. The van der Waals surface area contributed by atoms with Gasteiger partial charge in [0.05, 0.1) is 5.41 Å². The van der Waals surface area contributed by atoms with E-state index < -0.39 is 0 Å². The van der Waals surface area contributed by atoms with Gasteiger partial charge in [0.25, 0.3) is 0 Å². The van der Waals surface area contributed by atoms with Crippen LogP contribution in [0.25, 0.3) is 0 Å². The van der Waals surface area contributed by atoms with Gasteiger partial charge in [0, 0.05) is 25.6 Å². The van der Waals surface area contributed by atoms with Crippen LogP contribution in [-0.4, -0.2) is 37.5 Å². The fourth-order valence-corrected chi connectivity index (χ4v) is 2.88. The number of carbonyl (C=O) groups is 2. The molecule has 2 atom stereocenters. The molecule has 5 heteroatoms. The molecule has 0 aromatic rings. The zero-order chi connectivity index (χ0) is 13.2. The second kappa shape index (κ2) is 5.26. The van der Waals surface area contributed by atoms with E-state index in [4.69, 9.17) is 0 Å². The predicted molar refractivity (Wildman–Crippen MR) is 68.9 cm³/mol. The molecule has 2 fully saturated rings. The minimum Gasteiger partial charge on any atom is -0.354 e. The predicted octanol–water partition coefficient (Wildman–Crippen LogP) is 0.0169. The van der Waals surface area contributed by atoms with E-state index in [0.717, 1.165) is 25.9 Å². The van der Waals surface area contributed by atoms with Gasteiger partial charge in [0.1, 0.15) is 0 Å². The number of nitrogens with one attached hydrogen (secondary N) is 3. The molecule has 102 valence electrons. The van der Waals surface area contributed by atoms with Crippen molar-refractivity contribution in [3.05, 3.63) is 0 Å². The van der Waals surface area contributed by atoms with Crippen LogP contribution in [-0.2, 0) is 9.59 Å². The Kier molecular flexibility index (Phi) is 3.90. The Hall–Kier alpha value is -1.10. The molecular formula is C13H23N3O2. The Morgan fingerprint density at radius 1 is 1.56 bits per heavy atom. The van der Waals surface area contributed by atoms with E-state index in [0.29, 0.717) is 18.9 Å². The topological polar surface area (TPSA) is 70.2 Å². The summed E-state index contributed by atoms with van der Waals surface area (Å²) in [6.07, 6.45) is 2.30. The second-order valence-electron chi connectivity index (χ2n) is 5.75. The fourth-order valence-electron chi connectivity index (χ4n) is 2.88. The standard InChI is InChI=1S/C13H23N3O2/c1-9(2)13(5-6-14-8-13)12(18)15-7-10-3-4-11(17)16-10/h9-10,14H,3-8H2,1-2H3,(H,15,18)(H,16,17). The fraction of sp³-hybridized carbons (Fsp3) is 0.846. The van der Waals surface area contributed by atoms with Crippen molar-refractivity contribution in [2.24, 2.45) is 11.3 Å². The Bertz CT molecular complexity index is 335. The van der Waals surface area contributed by atoms with Gasteiger partial charge < -0.3 is 16.0 Å². The van der Waals surface area contributed by atoms with Gasteiger partial charge in [0.2, 0.25) is 11.8 Å². The van der Waals surface area contributed by atoms with Crippen molar-refractivity contribution in [3.8, 4) is 0 Å². The van der Waals surface area contributed by atoms with Gasteiger partial charge in [-0.1, -0.05) is 13.8 Å². The zero-order valence-electron chi connectivity index (χ0n) is 11.2. The molecule has 2 aliphatic heterocycles. The van der Waals surface area contributed by atoms with Crippen molar-refractivity contribution >= 4 is 11.8 Å². The van der Waals surface area contributed by atoms with Crippen LogP contribution < -0.4 is 16.0 Å². The van der Waals surface area contributed by atoms with Crippen molar-refractivity contribution < 1.29 is 9.59 Å². The lowest BCUT2D eigenvalue weighted by molar-refractivity contribution is -0.132. The summed E-state index contributed by atoms with van der Waals surface area (Å²) in [7, 11) is 0. The van der Waals surface area contributed by atoms with E-state index >= 15 is 0 Å². The molecule has 0 bridgehead atoms. The molecule has 5 nitrogen and oxygen atoms in total. The zero-order valence-corrected chi connectivity index (χ0v) is 11.2. The maximum Gasteiger partial charge on any atom is 0.227 e. The van der Waals surface area contributed by atoms with E-state index in [1.807, 2.05) is 0 Å². The minimum atomic E-state index is -0.275. The molecule has 0 spiro atoms. The maximum absolute atomic E-state index is 12.4. The normalized spacial score (nSPS) is 31.7. The van der Waals surface area contributed by atoms with Crippen LogP contribution in [0.1, 0.15) is 33.1 Å². The van der Waals surface area contributed by atoms with E-state index in [9.17, 15) is 9.59 Å². The van der Waals surface area contributed by atoms with Gasteiger partial charge in [-0.15, -0.1) is 0 Å². The summed E-state index contributed by atoms with van der Waals surface area (Å²) < 4.78 is 0. The van der Waals surface area contributed by atoms with Gasteiger partial charge >= 0.3 is 0 Å². The number of rotatable bonds is 4. The molecule has 0 aromatic heterocycles. The van der Waals surface area contributed by atoms with Crippen LogP contribution in [0, 0.1) is 11.3 Å².